The number of rotatable bonds is 8. The molecule has 11 heteroatoms. The molecule has 0 aliphatic carbocycles. The quantitative estimate of drug-likeness (QED) is 0.280. The largest absolute Gasteiger partial charge is 0.468 e. The maximum absolute atomic E-state index is 11.1. The van der Waals surface area contributed by atoms with Crippen LogP contribution in [0.15, 0.2) is 0 Å². The highest BCUT2D eigenvalue weighted by molar-refractivity contribution is 5.85. The number of carbonyl (C=O) groups excluding carboxylic acids is 4. The smallest absolute Gasteiger partial charge is 0.325 e. The third-order valence-corrected chi connectivity index (χ3v) is 3.23. The van der Waals surface area contributed by atoms with Crippen LogP contribution in [0.2, 0.25) is 0 Å². The van der Waals surface area contributed by atoms with Crippen molar-refractivity contribution in [2.24, 2.45) is 11.7 Å². The monoisotopic (exact) mass is 379 g/mol. The first-order valence-corrected chi connectivity index (χ1v) is 7.78. The van der Waals surface area contributed by atoms with Gasteiger partial charge in [-0.05, 0) is 13.8 Å². The van der Waals surface area contributed by atoms with Gasteiger partial charge in [-0.1, -0.05) is 6.92 Å². The predicted octanol–water partition coefficient (Wildman–Crippen LogP) is -2.72. The number of nitrogens with two attached hydrogens (primary N) is 1. The number of nitrogens with one attached hydrogen (secondary N) is 2. The van der Waals surface area contributed by atoms with Gasteiger partial charge in [-0.3, -0.25) is 19.2 Å². The Morgan fingerprint density at radius 2 is 1.23 bits per heavy atom. The van der Waals surface area contributed by atoms with E-state index >= 15 is 0 Å². The van der Waals surface area contributed by atoms with E-state index in [2.05, 4.69) is 20.1 Å². The van der Waals surface area contributed by atoms with Gasteiger partial charge in [0.25, 0.3) is 0 Å². The van der Waals surface area contributed by atoms with E-state index in [0.29, 0.717) is 0 Å². The Hall–Kier alpha value is -2.24. The summed E-state index contributed by atoms with van der Waals surface area (Å²) in [6.07, 6.45) is -1.67. The molecule has 6 N–H and O–H groups in total. The molecule has 0 spiro atoms. The summed E-state index contributed by atoms with van der Waals surface area (Å²) < 4.78 is 8.61. The van der Waals surface area contributed by atoms with Gasteiger partial charge in [-0.2, -0.15) is 0 Å². The molecule has 4 atom stereocenters. The summed E-state index contributed by atoms with van der Waals surface area (Å²) in [5.74, 6) is -2.54. The van der Waals surface area contributed by atoms with Crippen LogP contribution in [0.1, 0.15) is 20.8 Å². The summed E-state index contributed by atoms with van der Waals surface area (Å²) in [6.45, 7) is 4.09. The van der Waals surface area contributed by atoms with Crippen molar-refractivity contribution >= 4 is 23.8 Å². The van der Waals surface area contributed by atoms with Crippen LogP contribution in [0, 0.1) is 5.92 Å². The highest BCUT2D eigenvalue weighted by atomic mass is 16.5. The zero-order valence-electron chi connectivity index (χ0n) is 15.6. The Labute approximate surface area is 152 Å². The second kappa shape index (κ2) is 14.0. The molecular weight excluding hydrogens is 350 g/mol. The molecule has 152 valence electrons. The molecular formula is C15H29N3O8. The molecule has 11 nitrogen and oxygen atoms in total. The van der Waals surface area contributed by atoms with Crippen LogP contribution >= 0.6 is 0 Å². The Morgan fingerprint density at radius 3 is 1.54 bits per heavy atom. The summed E-state index contributed by atoms with van der Waals surface area (Å²) in [7, 11) is 2.45. The van der Waals surface area contributed by atoms with Crippen molar-refractivity contribution in [3.05, 3.63) is 0 Å². The SMILES string of the molecule is COC(=O)CNC(=O)C(C)C(C)O.COC(=O)CNC(=O)C(N)C(C)O. The molecule has 0 fully saturated rings. The number of hydrogen-bond acceptors (Lipinski definition) is 9. The average molecular weight is 379 g/mol. The summed E-state index contributed by atoms with van der Waals surface area (Å²) in [5, 5.41) is 22.5. The van der Waals surface area contributed by atoms with E-state index in [1.165, 1.54) is 28.1 Å². The van der Waals surface area contributed by atoms with E-state index in [1.807, 2.05) is 0 Å². The first-order chi connectivity index (χ1) is 12.0. The van der Waals surface area contributed by atoms with Crippen molar-refractivity contribution < 1.29 is 38.9 Å². The van der Waals surface area contributed by atoms with Gasteiger partial charge in [0.1, 0.15) is 19.1 Å². The van der Waals surface area contributed by atoms with Gasteiger partial charge >= 0.3 is 11.9 Å². The molecule has 0 radical (unpaired) electrons. The van der Waals surface area contributed by atoms with Crippen molar-refractivity contribution in [3.8, 4) is 0 Å². The Balaban J connectivity index is 0. The normalized spacial score (nSPS) is 14.5. The van der Waals surface area contributed by atoms with Crippen LogP contribution in [-0.4, -0.2) is 79.5 Å². The maximum Gasteiger partial charge on any atom is 0.325 e. The zero-order valence-corrected chi connectivity index (χ0v) is 15.6. The fourth-order valence-corrected chi connectivity index (χ4v) is 1.18. The molecule has 0 saturated heterocycles. The molecule has 0 rings (SSSR count). The molecule has 0 bridgehead atoms. The van der Waals surface area contributed by atoms with Crippen molar-refractivity contribution in [2.75, 3.05) is 27.3 Å². The van der Waals surface area contributed by atoms with Crippen molar-refractivity contribution in [2.45, 2.75) is 39.0 Å². The lowest BCUT2D eigenvalue weighted by Gasteiger charge is -2.13. The number of carbonyl (C=O) groups is 4. The summed E-state index contributed by atoms with van der Waals surface area (Å²) in [5.41, 5.74) is 5.27. The van der Waals surface area contributed by atoms with E-state index in [0.717, 1.165) is 0 Å². The van der Waals surface area contributed by atoms with Gasteiger partial charge in [0.15, 0.2) is 0 Å². The van der Waals surface area contributed by atoms with Crippen molar-refractivity contribution in [3.63, 3.8) is 0 Å². The molecule has 0 aromatic carbocycles. The molecule has 0 aliphatic heterocycles. The molecule has 0 heterocycles. The second-order valence-corrected chi connectivity index (χ2v) is 5.38. The minimum Gasteiger partial charge on any atom is -0.468 e. The summed E-state index contributed by atoms with van der Waals surface area (Å²) in [6, 6.07) is -1.02. The fraction of sp³-hybridized carbons (Fsp3) is 0.733. The lowest BCUT2D eigenvalue weighted by atomic mass is 10.1. The molecule has 0 aliphatic rings. The number of ether oxygens (including phenoxy) is 2. The second-order valence-electron chi connectivity index (χ2n) is 5.38. The molecule has 0 aromatic heterocycles. The maximum atomic E-state index is 11.1. The van der Waals surface area contributed by atoms with Crippen LogP contribution in [0.4, 0.5) is 0 Å². The fourth-order valence-electron chi connectivity index (χ4n) is 1.18. The number of esters is 2. The van der Waals surface area contributed by atoms with E-state index in [1.54, 1.807) is 6.92 Å². The number of aliphatic hydroxyl groups excluding tert-OH is 2. The molecule has 0 aromatic rings. The van der Waals surface area contributed by atoms with Gasteiger partial charge in [0.05, 0.1) is 32.3 Å². The van der Waals surface area contributed by atoms with Gasteiger partial charge in [-0.25, -0.2) is 0 Å². The Kier molecular flexibility index (Phi) is 14.0. The predicted molar refractivity (Wildman–Crippen MR) is 90.6 cm³/mol. The lowest BCUT2D eigenvalue weighted by molar-refractivity contribution is -0.142. The topological polar surface area (TPSA) is 177 Å². The van der Waals surface area contributed by atoms with E-state index in [4.69, 9.17) is 15.9 Å². The number of methoxy groups -OCH3 is 2. The van der Waals surface area contributed by atoms with Gasteiger partial charge in [-0.15, -0.1) is 0 Å². The number of hydrogen-bond donors (Lipinski definition) is 5. The van der Waals surface area contributed by atoms with E-state index in [-0.39, 0.29) is 19.0 Å². The standard InChI is InChI=1S/C8H15NO4.C7H14N2O4/c1-5(6(2)10)8(12)9-4-7(11)13-3;1-4(10)6(8)7(12)9-3-5(11)13-2/h5-6,10H,4H2,1-3H3,(H,9,12);4,6,10H,3,8H2,1-2H3,(H,9,12). The van der Waals surface area contributed by atoms with Gasteiger partial charge in [0, 0.05) is 0 Å². The van der Waals surface area contributed by atoms with Crippen molar-refractivity contribution in [1.29, 1.82) is 0 Å². The Morgan fingerprint density at radius 1 is 0.846 bits per heavy atom. The molecule has 4 unspecified atom stereocenters. The van der Waals surface area contributed by atoms with E-state index < -0.39 is 42.0 Å². The number of aliphatic hydroxyl groups is 2. The van der Waals surface area contributed by atoms with E-state index in [9.17, 15) is 19.2 Å². The molecule has 26 heavy (non-hydrogen) atoms. The first-order valence-electron chi connectivity index (χ1n) is 7.78. The third kappa shape index (κ3) is 12.2. The molecule has 2 amide bonds. The first kappa shape index (κ1) is 26.0. The summed E-state index contributed by atoms with van der Waals surface area (Å²) >= 11 is 0. The molecule has 0 saturated carbocycles. The number of amides is 2. The van der Waals surface area contributed by atoms with Gasteiger partial charge in [0.2, 0.25) is 11.8 Å². The Bertz CT molecular complexity index is 426. The van der Waals surface area contributed by atoms with Crippen molar-refractivity contribution in [1.82, 2.24) is 10.6 Å². The third-order valence-electron chi connectivity index (χ3n) is 3.23. The van der Waals surface area contributed by atoms with Gasteiger partial charge < -0.3 is 36.1 Å². The summed E-state index contributed by atoms with van der Waals surface area (Å²) in [4.78, 5) is 43.3. The highest BCUT2D eigenvalue weighted by Crippen LogP contribution is 2.00. The average Bonchev–Trinajstić information content (AvgIpc) is 2.62. The van der Waals surface area contributed by atoms with Crippen LogP contribution in [-0.2, 0) is 28.7 Å². The lowest BCUT2D eigenvalue weighted by Crippen LogP contribution is -2.48. The minimum absolute atomic E-state index is 0.160. The van der Waals surface area contributed by atoms with Crippen LogP contribution in [0.3, 0.4) is 0 Å². The zero-order chi connectivity index (χ0) is 20.9. The minimum atomic E-state index is -1.02. The van der Waals surface area contributed by atoms with Crippen LogP contribution < -0.4 is 16.4 Å². The highest BCUT2D eigenvalue weighted by Gasteiger charge is 2.19. The van der Waals surface area contributed by atoms with Crippen LogP contribution in [0.25, 0.3) is 0 Å². The van der Waals surface area contributed by atoms with Crippen LogP contribution in [0.5, 0.6) is 0 Å².